The molecule has 0 unspecified atom stereocenters. The van der Waals surface area contributed by atoms with Gasteiger partial charge in [-0.05, 0) is 74.3 Å². The molecule has 13 heteroatoms. The molecule has 4 aromatic rings. The zero-order valence-electron chi connectivity index (χ0n) is 27.8. The lowest BCUT2D eigenvalue weighted by molar-refractivity contribution is -0.140. The largest absolute Gasteiger partial charge is 0.481 e. The summed E-state index contributed by atoms with van der Waals surface area (Å²) in [7, 11) is 3.66. The SMILES string of the molecule is COCC1(CN(C)c2cc(-c3ccc(F)c(C(F)(F)F)c3)nc3nc(-c4ccc(N5CCN(CCCC(=O)O)CC5)cc4)[nH]c23)CCCC1. The Labute approximate surface area is 282 Å². The summed E-state index contributed by atoms with van der Waals surface area (Å²) >= 11 is 0. The number of H-pyrrole nitrogens is 1. The maximum Gasteiger partial charge on any atom is 0.419 e. The number of fused-ring (bicyclic) bond motifs is 1. The molecule has 2 N–H and O–H groups in total. The van der Waals surface area contributed by atoms with Crippen LogP contribution in [0.15, 0.2) is 48.5 Å². The number of carboxylic acids is 1. The molecule has 2 aromatic carbocycles. The molecule has 1 aliphatic heterocycles. The molecular weight excluding hydrogens is 640 g/mol. The van der Waals surface area contributed by atoms with Crippen LogP contribution in [0.5, 0.6) is 0 Å². The molecule has 1 aliphatic carbocycles. The number of anilines is 2. The van der Waals surface area contributed by atoms with Crippen molar-refractivity contribution in [3.8, 4) is 22.6 Å². The van der Waals surface area contributed by atoms with Crippen LogP contribution in [0.3, 0.4) is 0 Å². The van der Waals surface area contributed by atoms with Crippen molar-refractivity contribution in [2.24, 2.45) is 5.41 Å². The number of hydrogen-bond acceptors (Lipinski definition) is 7. The van der Waals surface area contributed by atoms with Gasteiger partial charge in [0.25, 0.3) is 0 Å². The van der Waals surface area contributed by atoms with Crippen LogP contribution in [0.4, 0.5) is 28.9 Å². The molecular formula is C36H42F4N6O3. The molecule has 1 saturated carbocycles. The van der Waals surface area contributed by atoms with Gasteiger partial charge in [-0.15, -0.1) is 0 Å². The topological polar surface area (TPSA) is 97.8 Å². The third-order valence-corrected chi connectivity index (χ3v) is 9.85. The Morgan fingerprint density at radius 2 is 1.71 bits per heavy atom. The van der Waals surface area contributed by atoms with E-state index in [0.717, 1.165) is 87.5 Å². The average Bonchev–Trinajstić information content (AvgIpc) is 3.72. The minimum Gasteiger partial charge on any atom is -0.481 e. The van der Waals surface area contributed by atoms with Crippen molar-refractivity contribution >= 4 is 28.5 Å². The number of benzene rings is 2. The quantitative estimate of drug-likeness (QED) is 0.153. The molecule has 262 valence electrons. The first kappa shape index (κ1) is 34.6. The zero-order valence-corrected chi connectivity index (χ0v) is 27.8. The molecule has 0 amide bonds. The highest BCUT2D eigenvalue weighted by Gasteiger charge is 2.36. The first-order valence-corrected chi connectivity index (χ1v) is 16.7. The van der Waals surface area contributed by atoms with E-state index in [-0.39, 0.29) is 23.1 Å². The highest BCUT2D eigenvalue weighted by molar-refractivity contribution is 5.91. The van der Waals surface area contributed by atoms with Crippen LogP contribution in [0, 0.1) is 11.2 Å². The molecule has 6 rings (SSSR count). The van der Waals surface area contributed by atoms with Crippen molar-refractivity contribution in [1.29, 1.82) is 0 Å². The number of ether oxygens (including phenoxy) is 1. The summed E-state index contributed by atoms with van der Waals surface area (Å²) in [6, 6.07) is 12.7. The Balaban J connectivity index is 1.30. The highest BCUT2D eigenvalue weighted by Crippen LogP contribution is 2.41. The van der Waals surface area contributed by atoms with Gasteiger partial charge in [0.1, 0.15) is 17.2 Å². The zero-order chi connectivity index (χ0) is 34.8. The average molecular weight is 683 g/mol. The number of aromatic amines is 1. The molecule has 3 heterocycles. The maximum atomic E-state index is 14.2. The van der Waals surface area contributed by atoms with Gasteiger partial charge in [0.15, 0.2) is 5.65 Å². The fourth-order valence-corrected chi connectivity index (χ4v) is 7.34. The number of methoxy groups -OCH3 is 1. The van der Waals surface area contributed by atoms with Crippen LogP contribution < -0.4 is 9.80 Å². The fraction of sp³-hybridized carbons (Fsp3) is 0.472. The molecule has 0 atom stereocenters. The number of nitrogens with zero attached hydrogens (tertiary/aromatic N) is 5. The van der Waals surface area contributed by atoms with E-state index < -0.39 is 23.5 Å². The summed E-state index contributed by atoms with van der Waals surface area (Å²) in [5, 5.41) is 8.91. The van der Waals surface area contributed by atoms with E-state index >= 15 is 0 Å². The summed E-state index contributed by atoms with van der Waals surface area (Å²) in [6.07, 6.45) is 0.215. The van der Waals surface area contributed by atoms with E-state index in [1.54, 1.807) is 13.2 Å². The fourth-order valence-electron chi connectivity index (χ4n) is 7.34. The van der Waals surface area contributed by atoms with Gasteiger partial charge in [-0.2, -0.15) is 13.2 Å². The maximum absolute atomic E-state index is 14.2. The highest BCUT2D eigenvalue weighted by atomic mass is 19.4. The number of carbonyl (C=O) groups is 1. The summed E-state index contributed by atoms with van der Waals surface area (Å²) < 4.78 is 60.8. The first-order valence-electron chi connectivity index (χ1n) is 16.7. The van der Waals surface area contributed by atoms with Crippen molar-refractivity contribution < 1.29 is 32.2 Å². The van der Waals surface area contributed by atoms with E-state index in [2.05, 4.69) is 24.7 Å². The second-order valence-corrected chi connectivity index (χ2v) is 13.4. The molecule has 49 heavy (non-hydrogen) atoms. The van der Waals surface area contributed by atoms with Crippen LogP contribution in [0.2, 0.25) is 0 Å². The van der Waals surface area contributed by atoms with Gasteiger partial charge in [-0.25, -0.2) is 14.4 Å². The van der Waals surface area contributed by atoms with Gasteiger partial charge < -0.3 is 24.6 Å². The number of alkyl halides is 3. The van der Waals surface area contributed by atoms with Crippen molar-refractivity contribution in [3.63, 3.8) is 0 Å². The lowest BCUT2D eigenvalue weighted by atomic mass is 9.86. The first-order chi connectivity index (χ1) is 23.4. The number of aliphatic carboxylic acids is 1. The Bertz CT molecular complexity index is 1760. The molecule has 0 radical (unpaired) electrons. The summed E-state index contributed by atoms with van der Waals surface area (Å²) in [5.41, 5.74) is 2.67. The van der Waals surface area contributed by atoms with Crippen molar-refractivity contribution in [1.82, 2.24) is 19.9 Å². The third kappa shape index (κ3) is 7.83. The number of rotatable bonds is 12. The van der Waals surface area contributed by atoms with Gasteiger partial charge in [-0.1, -0.05) is 12.8 Å². The Morgan fingerprint density at radius 1 is 1.02 bits per heavy atom. The normalized spacial score (nSPS) is 16.8. The van der Waals surface area contributed by atoms with Crippen molar-refractivity contribution in [2.45, 2.75) is 44.7 Å². The Hall–Kier alpha value is -4.23. The molecule has 1 saturated heterocycles. The lowest BCUT2D eigenvalue weighted by Gasteiger charge is -2.36. The van der Waals surface area contributed by atoms with Gasteiger partial charge in [0, 0.05) is 75.5 Å². The van der Waals surface area contributed by atoms with Crippen LogP contribution in [0.25, 0.3) is 33.8 Å². The number of piperazine rings is 1. The minimum atomic E-state index is -4.85. The predicted molar refractivity (Wildman–Crippen MR) is 181 cm³/mol. The van der Waals surface area contributed by atoms with Crippen LogP contribution >= 0.6 is 0 Å². The molecule has 9 nitrogen and oxygen atoms in total. The van der Waals surface area contributed by atoms with Gasteiger partial charge in [0.05, 0.1) is 23.6 Å². The monoisotopic (exact) mass is 682 g/mol. The van der Waals surface area contributed by atoms with Gasteiger partial charge in [-0.3, -0.25) is 9.69 Å². The Kier molecular flexibility index (Phi) is 10.1. The van der Waals surface area contributed by atoms with Gasteiger partial charge >= 0.3 is 12.1 Å². The summed E-state index contributed by atoms with van der Waals surface area (Å²) in [5.74, 6) is -1.53. The smallest absolute Gasteiger partial charge is 0.419 e. The van der Waals surface area contributed by atoms with E-state index in [9.17, 15) is 22.4 Å². The molecule has 2 fully saturated rings. The van der Waals surface area contributed by atoms with E-state index in [4.69, 9.17) is 14.8 Å². The van der Waals surface area contributed by atoms with E-state index in [0.29, 0.717) is 36.6 Å². The van der Waals surface area contributed by atoms with Crippen LogP contribution in [0.1, 0.15) is 44.1 Å². The standard InChI is InChI=1S/C36H42F4N6O3/c1-44(22-35(23-49-2)13-3-4-14-35)30-21-29(25-9-12-28(37)27(20-25)36(38,39)40)41-34-32(30)42-33(43-34)24-7-10-26(11-8-24)46-18-16-45(17-19-46)15-5-6-31(47)48/h7-12,20-21H,3-6,13-19,22-23H2,1-2H3,(H,47,48)(H,41,42,43). The predicted octanol–water partition coefficient (Wildman–Crippen LogP) is 7.08. The number of hydrogen-bond donors (Lipinski definition) is 2. The van der Waals surface area contributed by atoms with Crippen LogP contribution in [-0.2, 0) is 15.7 Å². The van der Waals surface area contributed by atoms with E-state index in [1.807, 2.05) is 31.3 Å². The summed E-state index contributed by atoms with van der Waals surface area (Å²) in [6.45, 7) is 5.44. The molecule has 2 aliphatic rings. The molecule has 2 aromatic heterocycles. The number of aromatic nitrogens is 3. The third-order valence-electron chi connectivity index (χ3n) is 9.85. The van der Waals surface area contributed by atoms with Crippen LogP contribution in [-0.4, -0.2) is 91.0 Å². The number of carboxylic acid groups (broad SMARTS) is 1. The minimum absolute atomic E-state index is 0.0543. The van der Waals surface area contributed by atoms with Crippen molar-refractivity contribution in [3.05, 3.63) is 59.9 Å². The number of nitrogens with one attached hydrogen (secondary N) is 1. The second-order valence-electron chi connectivity index (χ2n) is 13.4. The second kappa shape index (κ2) is 14.3. The van der Waals surface area contributed by atoms with Crippen molar-refractivity contribution in [2.75, 3.05) is 69.8 Å². The molecule has 0 spiro atoms. The summed E-state index contributed by atoms with van der Waals surface area (Å²) in [4.78, 5) is 30.4. The number of pyridine rings is 1. The van der Waals surface area contributed by atoms with Gasteiger partial charge in [0.2, 0.25) is 0 Å². The number of imidazole rings is 1. The van der Waals surface area contributed by atoms with E-state index in [1.165, 1.54) is 6.07 Å². The molecule has 0 bridgehead atoms. The lowest BCUT2D eigenvalue weighted by Crippen LogP contribution is -2.46. The Morgan fingerprint density at radius 3 is 2.37 bits per heavy atom. The number of halogens is 4.